The molecule has 0 rings (SSSR count). The Hall–Kier alpha value is -0.0800. The minimum absolute atomic E-state index is 0.0856. The molecule has 2 heteroatoms. The summed E-state index contributed by atoms with van der Waals surface area (Å²) in [5, 5.41) is 0. The molecule has 0 bridgehead atoms. The van der Waals surface area contributed by atoms with Crippen LogP contribution in [0.3, 0.4) is 0 Å². The zero-order valence-electron chi connectivity index (χ0n) is 18.4. The first kappa shape index (κ1) is 23.9. The van der Waals surface area contributed by atoms with Crippen molar-refractivity contribution in [2.45, 2.75) is 120 Å². The van der Waals surface area contributed by atoms with E-state index in [1.807, 2.05) is 0 Å². The minimum Gasteiger partial charge on any atom is -0.232 e. The first-order valence-corrected chi connectivity index (χ1v) is 10.3. The van der Waals surface area contributed by atoms with Crippen LogP contribution in [0.5, 0.6) is 0 Å². The smallest absolute Gasteiger partial charge is 0.100 e. The van der Waals surface area contributed by atoms with E-state index < -0.39 is 0 Å². The molecule has 0 aliphatic heterocycles. The van der Waals surface area contributed by atoms with E-state index in [9.17, 15) is 0 Å². The summed E-state index contributed by atoms with van der Waals surface area (Å²) in [7, 11) is 0. The van der Waals surface area contributed by atoms with Crippen molar-refractivity contribution in [2.75, 3.05) is 0 Å². The van der Waals surface area contributed by atoms with Crippen LogP contribution in [-0.4, -0.2) is 12.2 Å². The average Bonchev–Trinajstić information content (AvgIpc) is 2.44. The molecule has 0 fully saturated rings. The van der Waals surface area contributed by atoms with Gasteiger partial charge in [0.1, 0.15) is 12.2 Å². The van der Waals surface area contributed by atoms with Crippen molar-refractivity contribution in [1.29, 1.82) is 0 Å². The third kappa shape index (κ3) is 8.85. The zero-order valence-corrected chi connectivity index (χ0v) is 18.4. The number of rotatable bonds is 11. The third-order valence-corrected chi connectivity index (χ3v) is 5.03. The SMILES string of the molecule is CCCCC(C)C(OOC(C(C)CCCC)C(C)(C)C)C(C)(C)C. The molecule has 0 aromatic carbocycles. The number of hydrogen-bond acceptors (Lipinski definition) is 2. The lowest BCUT2D eigenvalue weighted by Crippen LogP contribution is -2.41. The Labute approximate surface area is 153 Å². The van der Waals surface area contributed by atoms with Gasteiger partial charge in [-0.15, -0.1) is 0 Å². The van der Waals surface area contributed by atoms with Crippen LogP contribution < -0.4 is 0 Å². The average molecular weight is 343 g/mol. The van der Waals surface area contributed by atoms with E-state index in [1.165, 1.54) is 38.5 Å². The summed E-state index contributed by atoms with van der Waals surface area (Å²) in [6.45, 7) is 22.7. The van der Waals surface area contributed by atoms with Crippen LogP contribution in [0, 0.1) is 22.7 Å². The predicted octanol–water partition coefficient (Wildman–Crippen LogP) is 7.42. The standard InChI is InChI=1S/C22H46O2/c1-11-13-15-17(3)19(21(5,6)7)23-24-20(22(8,9)10)18(4)16-14-12-2/h17-20H,11-16H2,1-10H3. The summed E-state index contributed by atoms with van der Waals surface area (Å²) < 4.78 is 0. The van der Waals surface area contributed by atoms with Crippen molar-refractivity contribution < 1.29 is 9.78 Å². The highest BCUT2D eigenvalue weighted by Gasteiger charge is 2.36. The quantitative estimate of drug-likeness (QED) is 0.287. The fraction of sp³-hybridized carbons (Fsp3) is 1.00. The first-order valence-electron chi connectivity index (χ1n) is 10.3. The van der Waals surface area contributed by atoms with Gasteiger partial charge in [-0.2, -0.15) is 0 Å². The molecule has 146 valence electrons. The molecule has 0 heterocycles. The Kier molecular flexibility index (Phi) is 10.8. The van der Waals surface area contributed by atoms with Gasteiger partial charge in [0.05, 0.1) is 0 Å². The van der Waals surface area contributed by atoms with Gasteiger partial charge in [0, 0.05) is 0 Å². The van der Waals surface area contributed by atoms with Crippen LogP contribution >= 0.6 is 0 Å². The van der Waals surface area contributed by atoms with Gasteiger partial charge in [-0.1, -0.05) is 94.9 Å². The fourth-order valence-corrected chi connectivity index (χ4v) is 3.66. The molecule has 4 unspecified atom stereocenters. The molecule has 0 aliphatic carbocycles. The van der Waals surface area contributed by atoms with E-state index >= 15 is 0 Å². The molecule has 0 amide bonds. The summed E-state index contributed by atoms with van der Waals surface area (Å²) in [6.07, 6.45) is 7.65. The van der Waals surface area contributed by atoms with Gasteiger partial charge in [-0.25, -0.2) is 9.78 Å². The van der Waals surface area contributed by atoms with Crippen LogP contribution in [0.2, 0.25) is 0 Å². The van der Waals surface area contributed by atoms with Gasteiger partial charge in [-0.3, -0.25) is 0 Å². The van der Waals surface area contributed by atoms with Crippen molar-refractivity contribution >= 4 is 0 Å². The van der Waals surface area contributed by atoms with Gasteiger partial charge in [0.2, 0.25) is 0 Å². The van der Waals surface area contributed by atoms with Gasteiger partial charge >= 0.3 is 0 Å². The van der Waals surface area contributed by atoms with Crippen molar-refractivity contribution in [1.82, 2.24) is 0 Å². The van der Waals surface area contributed by atoms with E-state index in [1.54, 1.807) is 0 Å². The topological polar surface area (TPSA) is 18.5 Å². The third-order valence-electron chi connectivity index (χ3n) is 5.03. The summed E-state index contributed by atoms with van der Waals surface area (Å²) in [5.41, 5.74) is 0.171. The summed E-state index contributed by atoms with van der Waals surface area (Å²) in [4.78, 5) is 12.3. The molecule has 0 spiro atoms. The lowest BCUT2D eigenvalue weighted by molar-refractivity contribution is -0.393. The molecular formula is C22H46O2. The monoisotopic (exact) mass is 342 g/mol. The first-order chi connectivity index (χ1) is 10.9. The molecule has 2 nitrogen and oxygen atoms in total. The Balaban J connectivity index is 4.97. The maximum absolute atomic E-state index is 6.16. The van der Waals surface area contributed by atoms with Gasteiger partial charge in [-0.05, 0) is 35.5 Å². The molecule has 0 aromatic rings. The highest BCUT2D eigenvalue weighted by Crippen LogP contribution is 2.35. The van der Waals surface area contributed by atoms with Crippen molar-refractivity contribution in [3.63, 3.8) is 0 Å². The second kappa shape index (κ2) is 10.8. The minimum atomic E-state index is 0.0856. The second-order valence-electron chi connectivity index (χ2n) is 10.0. The molecule has 0 aromatic heterocycles. The van der Waals surface area contributed by atoms with E-state index in [4.69, 9.17) is 9.78 Å². The Morgan fingerprint density at radius 2 is 0.917 bits per heavy atom. The molecule has 24 heavy (non-hydrogen) atoms. The molecular weight excluding hydrogens is 296 g/mol. The second-order valence-corrected chi connectivity index (χ2v) is 10.0. The Morgan fingerprint density at radius 3 is 1.12 bits per heavy atom. The highest BCUT2D eigenvalue weighted by molar-refractivity contribution is 4.81. The van der Waals surface area contributed by atoms with E-state index in [-0.39, 0.29) is 23.0 Å². The molecule has 0 saturated carbocycles. The Morgan fingerprint density at radius 1 is 0.625 bits per heavy atom. The van der Waals surface area contributed by atoms with E-state index in [2.05, 4.69) is 69.2 Å². The van der Waals surface area contributed by atoms with Crippen molar-refractivity contribution in [2.24, 2.45) is 22.7 Å². The van der Waals surface area contributed by atoms with E-state index in [0.717, 1.165) is 0 Å². The predicted molar refractivity (Wildman–Crippen MR) is 106 cm³/mol. The van der Waals surface area contributed by atoms with Crippen molar-refractivity contribution in [3.8, 4) is 0 Å². The largest absolute Gasteiger partial charge is 0.232 e. The lowest BCUT2D eigenvalue weighted by Gasteiger charge is -2.39. The maximum atomic E-state index is 6.16. The lowest BCUT2D eigenvalue weighted by atomic mass is 9.79. The summed E-state index contributed by atoms with van der Waals surface area (Å²) in [6, 6.07) is 0. The zero-order chi connectivity index (χ0) is 19.0. The van der Waals surface area contributed by atoms with Gasteiger partial charge in [0.15, 0.2) is 0 Å². The van der Waals surface area contributed by atoms with Gasteiger partial charge in [0.25, 0.3) is 0 Å². The maximum Gasteiger partial charge on any atom is 0.100 e. The summed E-state index contributed by atoms with van der Waals surface area (Å²) in [5.74, 6) is 1.02. The van der Waals surface area contributed by atoms with Gasteiger partial charge < -0.3 is 0 Å². The van der Waals surface area contributed by atoms with Crippen LogP contribution in [0.4, 0.5) is 0 Å². The molecule has 0 aliphatic rings. The number of unbranched alkanes of at least 4 members (excludes halogenated alkanes) is 2. The molecule has 0 N–H and O–H groups in total. The molecule has 0 saturated heterocycles. The van der Waals surface area contributed by atoms with Crippen molar-refractivity contribution in [3.05, 3.63) is 0 Å². The molecule has 0 radical (unpaired) electrons. The van der Waals surface area contributed by atoms with Crippen LogP contribution in [0.25, 0.3) is 0 Å². The van der Waals surface area contributed by atoms with Crippen LogP contribution in [-0.2, 0) is 9.78 Å². The van der Waals surface area contributed by atoms with Crippen LogP contribution in [0.15, 0.2) is 0 Å². The summed E-state index contributed by atoms with van der Waals surface area (Å²) >= 11 is 0. The Bertz CT molecular complexity index is 279. The fourth-order valence-electron chi connectivity index (χ4n) is 3.66. The van der Waals surface area contributed by atoms with Crippen LogP contribution in [0.1, 0.15) is 108 Å². The number of hydrogen-bond donors (Lipinski definition) is 0. The normalized spacial score (nSPS) is 18.2. The highest BCUT2D eigenvalue weighted by atomic mass is 17.2. The molecule has 4 atom stereocenters. The van der Waals surface area contributed by atoms with E-state index in [0.29, 0.717) is 11.8 Å².